The third-order valence-electron chi connectivity index (χ3n) is 1.79. The number of nitro benzene ring substituents is 1. The standard InChI is InChI=1S/C11H10BrNO3/c1-2-3-4-7-16-11-8-9(13(14)15)5-6-10(11)12/h5-6,8H,4,7H2,1H3. The highest BCUT2D eigenvalue weighted by Crippen LogP contribution is 2.29. The molecular formula is C11H10BrNO3. The Morgan fingerprint density at radius 2 is 2.31 bits per heavy atom. The number of benzene rings is 1. The molecule has 0 amide bonds. The van der Waals surface area contributed by atoms with Crippen LogP contribution >= 0.6 is 15.9 Å². The Hall–Kier alpha value is -1.54. The van der Waals surface area contributed by atoms with Crippen molar-refractivity contribution in [3.63, 3.8) is 0 Å². The van der Waals surface area contributed by atoms with Gasteiger partial charge in [0.05, 0.1) is 22.1 Å². The summed E-state index contributed by atoms with van der Waals surface area (Å²) in [6.45, 7) is 2.17. The summed E-state index contributed by atoms with van der Waals surface area (Å²) in [6, 6.07) is 4.41. The number of halogens is 1. The number of non-ortho nitro benzene ring substituents is 1. The van der Waals surface area contributed by atoms with Crippen molar-refractivity contribution in [1.29, 1.82) is 0 Å². The highest BCUT2D eigenvalue weighted by atomic mass is 79.9. The van der Waals surface area contributed by atoms with Gasteiger partial charge >= 0.3 is 0 Å². The van der Waals surface area contributed by atoms with Gasteiger partial charge in [-0.25, -0.2) is 0 Å². The van der Waals surface area contributed by atoms with Crippen molar-refractivity contribution in [3.05, 3.63) is 32.8 Å². The zero-order chi connectivity index (χ0) is 12.0. The third kappa shape index (κ3) is 3.55. The minimum Gasteiger partial charge on any atom is -0.491 e. The van der Waals surface area contributed by atoms with Gasteiger partial charge in [-0.1, -0.05) is 0 Å². The Labute approximate surface area is 102 Å². The molecule has 5 heteroatoms. The van der Waals surface area contributed by atoms with Gasteiger partial charge in [-0.05, 0) is 28.9 Å². The first-order valence-electron chi connectivity index (χ1n) is 4.61. The summed E-state index contributed by atoms with van der Waals surface area (Å²) in [7, 11) is 0. The van der Waals surface area contributed by atoms with E-state index in [4.69, 9.17) is 4.74 Å². The second-order valence-corrected chi connectivity index (χ2v) is 3.75. The van der Waals surface area contributed by atoms with Crippen molar-refractivity contribution in [2.45, 2.75) is 13.3 Å². The summed E-state index contributed by atoms with van der Waals surface area (Å²) in [4.78, 5) is 10.1. The van der Waals surface area contributed by atoms with Gasteiger partial charge in [-0.3, -0.25) is 10.1 Å². The fraction of sp³-hybridized carbons (Fsp3) is 0.273. The summed E-state index contributed by atoms with van der Waals surface area (Å²) in [5.74, 6) is 6.06. The van der Waals surface area contributed by atoms with Gasteiger partial charge in [0.25, 0.3) is 5.69 Å². The fourth-order valence-electron chi connectivity index (χ4n) is 1.05. The smallest absolute Gasteiger partial charge is 0.273 e. The van der Waals surface area contributed by atoms with E-state index < -0.39 is 4.92 Å². The lowest BCUT2D eigenvalue weighted by Gasteiger charge is -2.05. The number of hydrogen-bond acceptors (Lipinski definition) is 3. The largest absolute Gasteiger partial charge is 0.491 e. The van der Waals surface area contributed by atoms with Gasteiger partial charge in [0.15, 0.2) is 0 Å². The molecule has 0 spiro atoms. The fourth-order valence-corrected chi connectivity index (χ4v) is 1.41. The molecule has 0 saturated heterocycles. The van der Waals surface area contributed by atoms with Crippen LogP contribution in [0.4, 0.5) is 5.69 Å². The second kappa shape index (κ2) is 6.13. The molecule has 0 aliphatic carbocycles. The van der Waals surface area contributed by atoms with Crippen LogP contribution in [-0.2, 0) is 0 Å². The first-order valence-corrected chi connectivity index (χ1v) is 5.41. The molecule has 0 N–H and O–H groups in total. The van der Waals surface area contributed by atoms with Crippen LogP contribution in [0.3, 0.4) is 0 Å². The van der Waals surface area contributed by atoms with Crippen LogP contribution in [0.15, 0.2) is 22.7 Å². The maximum atomic E-state index is 10.6. The molecule has 0 bridgehead atoms. The average Bonchev–Trinajstić information content (AvgIpc) is 2.26. The van der Waals surface area contributed by atoms with Gasteiger partial charge in [0, 0.05) is 12.5 Å². The van der Waals surface area contributed by atoms with E-state index in [2.05, 4.69) is 27.8 Å². The van der Waals surface area contributed by atoms with Crippen LogP contribution in [0, 0.1) is 22.0 Å². The quantitative estimate of drug-likeness (QED) is 0.369. The topological polar surface area (TPSA) is 52.4 Å². The molecule has 4 nitrogen and oxygen atoms in total. The van der Waals surface area contributed by atoms with Gasteiger partial charge in [-0.2, -0.15) is 0 Å². The van der Waals surface area contributed by atoms with Gasteiger partial charge in [-0.15, -0.1) is 11.8 Å². The summed E-state index contributed by atoms with van der Waals surface area (Å²) in [5, 5.41) is 10.6. The Balaban J connectivity index is 2.73. The molecule has 0 aromatic heterocycles. The van der Waals surface area contributed by atoms with Crippen molar-refractivity contribution >= 4 is 21.6 Å². The lowest BCUT2D eigenvalue weighted by Crippen LogP contribution is -1.97. The molecule has 1 aromatic carbocycles. The lowest BCUT2D eigenvalue weighted by atomic mass is 10.3. The summed E-state index contributed by atoms with van der Waals surface area (Å²) in [6.07, 6.45) is 0.603. The van der Waals surface area contributed by atoms with E-state index >= 15 is 0 Å². The van der Waals surface area contributed by atoms with E-state index in [0.29, 0.717) is 23.2 Å². The average molecular weight is 284 g/mol. The lowest BCUT2D eigenvalue weighted by molar-refractivity contribution is -0.385. The van der Waals surface area contributed by atoms with Crippen molar-refractivity contribution in [2.75, 3.05) is 6.61 Å². The predicted molar refractivity (Wildman–Crippen MR) is 64.4 cm³/mol. The van der Waals surface area contributed by atoms with E-state index in [0.717, 1.165) is 0 Å². The minimum absolute atomic E-state index is 0.0137. The maximum Gasteiger partial charge on any atom is 0.273 e. The molecule has 1 rings (SSSR count). The number of rotatable bonds is 4. The predicted octanol–water partition coefficient (Wildman–Crippen LogP) is 3.15. The summed E-state index contributed by atoms with van der Waals surface area (Å²) >= 11 is 3.27. The van der Waals surface area contributed by atoms with Crippen molar-refractivity contribution in [1.82, 2.24) is 0 Å². The summed E-state index contributed by atoms with van der Waals surface area (Å²) in [5.41, 5.74) is 0.0137. The van der Waals surface area contributed by atoms with E-state index in [1.54, 1.807) is 13.0 Å². The van der Waals surface area contributed by atoms with Gasteiger partial charge < -0.3 is 4.74 Å². The van der Waals surface area contributed by atoms with E-state index in [9.17, 15) is 10.1 Å². The van der Waals surface area contributed by atoms with Crippen LogP contribution in [0.1, 0.15) is 13.3 Å². The zero-order valence-corrected chi connectivity index (χ0v) is 10.3. The van der Waals surface area contributed by atoms with Crippen LogP contribution in [-0.4, -0.2) is 11.5 Å². The maximum absolute atomic E-state index is 10.6. The van der Waals surface area contributed by atoms with Crippen molar-refractivity contribution in [2.24, 2.45) is 0 Å². The molecule has 16 heavy (non-hydrogen) atoms. The van der Waals surface area contributed by atoms with Crippen LogP contribution < -0.4 is 4.74 Å². The molecule has 1 aromatic rings. The second-order valence-electron chi connectivity index (χ2n) is 2.90. The zero-order valence-electron chi connectivity index (χ0n) is 8.70. The molecule has 0 unspecified atom stereocenters. The van der Waals surface area contributed by atoms with E-state index in [1.165, 1.54) is 12.1 Å². The normalized spacial score (nSPS) is 9.12. The molecule has 0 radical (unpaired) electrons. The minimum atomic E-state index is -0.453. The molecule has 0 saturated carbocycles. The molecule has 0 aliphatic heterocycles. The number of hydrogen-bond donors (Lipinski definition) is 0. The Bertz CT molecular complexity index is 448. The summed E-state index contributed by atoms with van der Waals surface area (Å²) < 4.78 is 6.07. The first kappa shape index (κ1) is 12.5. The molecule has 84 valence electrons. The van der Waals surface area contributed by atoms with Gasteiger partial charge in [0.2, 0.25) is 0 Å². The van der Waals surface area contributed by atoms with Gasteiger partial charge in [0.1, 0.15) is 5.75 Å². The highest BCUT2D eigenvalue weighted by molar-refractivity contribution is 9.10. The highest BCUT2D eigenvalue weighted by Gasteiger charge is 2.09. The van der Waals surface area contributed by atoms with Crippen LogP contribution in [0.25, 0.3) is 0 Å². The Kier molecular flexibility index (Phi) is 4.80. The van der Waals surface area contributed by atoms with Crippen molar-refractivity contribution < 1.29 is 9.66 Å². The Morgan fingerprint density at radius 1 is 1.56 bits per heavy atom. The molecule has 0 aliphatic rings. The third-order valence-corrected chi connectivity index (χ3v) is 2.44. The molecule has 0 fully saturated rings. The van der Waals surface area contributed by atoms with E-state index in [1.807, 2.05) is 0 Å². The van der Waals surface area contributed by atoms with E-state index in [-0.39, 0.29) is 5.69 Å². The van der Waals surface area contributed by atoms with Crippen LogP contribution in [0.2, 0.25) is 0 Å². The van der Waals surface area contributed by atoms with Crippen LogP contribution in [0.5, 0.6) is 5.75 Å². The number of nitro groups is 1. The van der Waals surface area contributed by atoms with Crippen molar-refractivity contribution in [3.8, 4) is 17.6 Å². The molecular weight excluding hydrogens is 274 g/mol. The Morgan fingerprint density at radius 3 is 2.94 bits per heavy atom. The number of ether oxygens (including phenoxy) is 1. The SMILES string of the molecule is CC#CCCOc1cc([N+](=O)[O-])ccc1Br. The number of nitrogens with zero attached hydrogens (tertiary/aromatic N) is 1. The first-order chi connectivity index (χ1) is 7.65. The molecule has 0 heterocycles. The monoisotopic (exact) mass is 283 g/mol. The molecule has 0 atom stereocenters.